The van der Waals surface area contributed by atoms with Crippen LogP contribution in [-0.4, -0.2) is 32.6 Å². The van der Waals surface area contributed by atoms with Gasteiger partial charge >= 0.3 is 0 Å². The first-order chi connectivity index (χ1) is 9.90. The minimum Gasteiger partial charge on any atom is -0.391 e. The molecule has 1 aromatic heterocycles. The molecule has 2 atom stereocenters. The Hall–Kier alpha value is -1.89. The zero-order chi connectivity index (χ0) is 15.6. The SMILES string of the molecule is CC(C)n1cc([N+](=O)[O-])cc1C(=O)N[C@@H]1CCCC[C@H]1O. The van der Waals surface area contributed by atoms with Crippen molar-refractivity contribution in [1.82, 2.24) is 9.88 Å². The van der Waals surface area contributed by atoms with E-state index < -0.39 is 11.0 Å². The third-order valence-electron chi connectivity index (χ3n) is 3.88. The van der Waals surface area contributed by atoms with Crippen LogP contribution in [0.3, 0.4) is 0 Å². The maximum atomic E-state index is 12.4. The summed E-state index contributed by atoms with van der Waals surface area (Å²) < 4.78 is 1.59. The molecule has 0 unspecified atom stereocenters. The van der Waals surface area contributed by atoms with Gasteiger partial charge in [-0.2, -0.15) is 0 Å². The van der Waals surface area contributed by atoms with Crippen LogP contribution >= 0.6 is 0 Å². The number of rotatable bonds is 4. The Bertz CT molecular complexity index is 538. The molecule has 1 fully saturated rings. The van der Waals surface area contributed by atoms with E-state index in [1.54, 1.807) is 4.57 Å². The zero-order valence-electron chi connectivity index (χ0n) is 12.3. The Morgan fingerprint density at radius 3 is 2.71 bits per heavy atom. The smallest absolute Gasteiger partial charge is 0.287 e. The van der Waals surface area contributed by atoms with Crippen molar-refractivity contribution in [1.29, 1.82) is 0 Å². The van der Waals surface area contributed by atoms with Crippen molar-refractivity contribution in [3.63, 3.8) is 0 Å². The third-order valence-corrected chi connectivity index (χ3v) is 3.88. The second kappa shape index (κ2) is 6.26. The fraction of sp³-hybridized carbons (Fsp3) is 0.643. The van der Waals surface area contributed by atoms with Crippen molar-refractivity contribution in [3.8, 4) is 0 Å². The quantitative estimate of drug-likeness (QED) is 0.656. The fourth-order valence-electron chi connectivity index (χ4n) is 2.70. The van der Waals surface area contributed by atoms with Crippen LogP contribution in [0.25, 0.3) is 0 Å². The summed E-state index contributed by atoms with van der Waals surface area (Å²) in [6, 6.07) is 0.946. The number of nitrogens with zero attached hydrogens (tertiary/aromatic N) is 2. The van der Waals surface area contributed by atoms with Gasteiger partial charge in [0.05, 0.1) is 23.3 Å². The molecule has 1 aliphatic rings. The van der Waals surface area contributed by atoms with E-state index in [4.69, 9.17) is 0 Å². The van der Waals surface area contributed by atoms with Gasteiger partial charge in [0.25, 0.3) is 11.6 Å². The molecule has 1 aromatic rings. The molecule has 116 valence electrons. The van der Waals surface area contributed by atoms with Gasteiger partial charge in [-0.25, -0.2) is 0 Å². The standard InChI is InChI=1S/C14H21N3O4/c1-9(2)16-8-10(17(20)21)7-12(16)14(19)15-11-5-3-4-6-13(11)18/h7-9,11,13,18H,3-6H2,1-2H3,(H,15,19)/t11-,13-/m1/s1. The Balaban J connectivity index is 2.19. The first kappa shape index (κ1) is 15.5. The lowest BCUT2D eigenvalue weighted by Gasteiger charge is -2.28. The molecular formula is C14H21N3O4. The van der Waals surface area contributed by atoms with Crippen LogP contribution < -0.4 is 5.32 Å². The summed E-state index contributed by atoms with van der Waals surface area (Å²) in [6.45, 7) is 3.71. The second-order valence-electron chi connectivity index (χ2n) is 5.77. The molecule has 0 spiro atoms. The van der Waals surface area contributed by atoms with Gasteiger partial charge in [-0.1, -0.05) is 12.8 Å². The van der Waals surface area contributed by atoms with Crippen LogP contribution in [0.15, 0.2) is 12.3 Å². The molecule has 7 nitrogen and oxygen atoms in total. The number of hydrogen-bond acceptors (Lipinski definition) is 4. The molecule has 0 bridgehead atoms. The van der Waals surface area contributed by atoms with Gasteiger partial charge in [-0.3, -0.25) is 14.9 Å². The van der Waals surface area contributed by atoms with E-state index in [9.17, 15) is 20.0 Å². The highest BCUT2D eigenvalue weighted by molar-refractivity contribution is 5.93. The van der Waals surface area contributed by atoms with E-state index in [-0.39, 0.29) is 29.4 Å². The molecule has 0 saturated heterocycles. The molecule has 0 aromatic carbocycles. The van der Waals surface area contributed by atoms with Crippen molar-refractivity contribution in [2.45, 2.75) is 57.7 Å². The van der Waals surface area contributed by atoms with Crippen molar-refractivity contribution in [3.05, 3.63) is 28.1 Å². The second-order valence-corrected chi connectivity index (χ2v) is 5.77. The number of aliphatic hydroxyl groups is 1. The monoisotopic (exact) mass is 295 g/mol. The van der Waals surface area contributed by atoms with E-state index in [0.717, 1.165) is 19.3 Å². The first-order valence-electron chi connectivity index (χ1n) is 7.25. The molecule has 2 N–H and O–H groups in total. The summed E-state index contributed by atoms with van der Waals surface area (Å²) in [7, 11) is 0. The highest BCUT2D eigenvalue weighted by Crippen LogP contribution is 2.22. The van der Waals surface area contributed by atoms with Crippen molar-refractivity contribution in [2.75, 3.05) is 0 Å². The third kappa shape index (κ3) is 3.41. The maximum Gasteiger partial charge on any atom is 0.287 e. The molecular weight excluding hydrogens is 274 g/mol. The van der Waals surface area contributed by atoms with Crippen molar-refractivity contribution >= 4 is 11.6 Å². The summed E-state index contributed by atoms with van der Waals surface area (Å²) in [6.07, 6.45) is 4.17. The highest BCUT2D eigenvalue weighted by Gasteiger charge is 2.27. The van der Waals surface area contributed by atoms with Gasteiger partial charge in [0.1, 0.15) is 5.69 Å². The molecule has 7 heteroatoms. The molecule has 0 aliphatic heterocycles. The highest BCUT2D eigenvalue weighted by atomic mass is 16.6. The van der Waals surface area contributed by atoms with E-state index in [1.807, 2.05) is 13.8 Å². The lowest BCUT2D eigenvalue weighted by molar-refractivity contribution is -0.384. The van der Waals surface area contributed by atoms with Crippen LogP contribution in [0.5, 0.6) is 0 Å². The zero-order valence-corrected chi connectivity index (χ0v) is 12.3. The minimum absolute atomic E-state index is 0.0595. The summed E-state index contributed by atoms with van der Waals surface area (Å²) in [4.78, 5) is 22.7. The molecule has 21 heavy (non-hydrogen) atoms. The average Bonchev–Trinajstić information content (AvgIpc) is 2.87. The number of carbonyl (C=O) groups is 1. The van der Waals surface area contributed by atoms with Crippen molar-refractivity contribution in [2.24, 2.45) is 0 Å². The van der Waals surface area contributed by atoms with E-state index >= 15 is 0 Å². The summed E-state index contributed by atoms with van der Waals surface area (Å²) in [5, 5.41) is 23.6. The Morgan fingerprint density at radius 1 is 1.48 bits per heavy atom. The summed E-state index contributed by atoms with van der Waals surface area (Å²) in [5.74, 6) is -0.372. The number of carbonyl (C=O) groups excluding carboxylic acids is 1. The van der Waals surface area contributed by atoms with Gasteiger partial charge in [-0.05, 0) is 26.7 Å². The molecule has 1 amide bonds. The van der Waals surface area contributed by atoms with Crippen LogP contribution in [0.2, 0.25) is 0 Å². The van der Waals surface area contributed by atoms with Gasteiger partial charge in [-0.15, -0.1) is 0 Å². The predicted molar refractivity (Wildman–Crippen MR) is 77.2 cm³/mol. The summed E-state index contributed by atoms with van der Waals surface area (Å²) in [5.41, 5.74) is 0.160. The van der Waals surface area contributed by atoms with Crippen LogP contribution in [-0.2, 0) is 0 Å². The van der Waals surface area contributed by atoms with Crippen LogP contribution in [0, 0.1) is 10.1 Å². The molecule has 0 radical (unpaired) electrons. The number of aliphatic hydroxyl groups excluding tert-OH is 1. The van der Waals surface area contributed by atoms with Gasteiger partial charge in [0, 0.05) is 12.1 Å². The van der Waals surface area contributed by atoms with Crippen LogP contribution in [0.4, 0.5) is 5.69 Å². The van der Waals surface area contributed by atoms with Crippen molar-refractivity contribution < 1.29 is 14.8 Å². The summed E-state index contributed by atoms with van der Waals surface area (Å²) >= 11 is 0. The topological polar surface area (TPSA) is 97.4 Å². The number of nitrogens with one attached hydrogen (secondary N) is 1. The minimum atomic E-state index is -0.542. The number of aromatic nitrogens is 1. The first-order valence-corrected chi connectivity index (χ1v) is 7.25. The number of amides is 1. The van der Waals surface area contributed by atoms with E-state index in [2.05, 4.69) is 5.32 Å². The lowest BCUT2D eigenvalue weighted by atomic mass is 9.92. The van der Waals surface area contributed by atoms with Gasteiger partial charge < -0.3 is 15.0 Å². The molecule has 1 saturated carbocycles. The normalized spacial score (nSPS) is 22.3. The fourth-order valence-corrected chi connectivity index (χ4v) is 2.70. The average molecular weight is 295 g/mol. The maximum absolute atomic E-state index is 12.4. The Labute approximate surface area is 123 Å². The lowest BCUT2D eigenvalue weighted by Crippen LogP contribution is -2.45. The van der Waals surface area contributed by atoms with Crippen LogP contribution in [0.1, 0.15) is 56.1 Å². The number of hydrogen-bond donors (Lipinski definition) is 2. The molecule has 2 rings (SSSR count). The largest absolute Gasteiger partial charge is 0.391 e. The Morgan fingerprint density at radius 2 is 2.14 bits per heavy atom. The van der Waals surface area contributed by atoms with Gasteiger partial charge in [0.15, 0.2) is 0 Å². The predicted octanol–water partition coefficient (Wildman–Crippen LogP) is 2.01. The number of nitro groups is 1. The Kier molecular flexibility index (Phi) is 4.62. The van der Waals surface area contributed by atoms with E-state index in [1.165, 1.54) is 12.3 Å². The van der Waals surface area contributed by atoms with E-state index in [0.29, 0.717) is 6.42 Å². The molecule has 1 heterocycles. The van der Waals surface area contributed by atoms with Gasteiger partial charge in [0.2, 0.25) is 0 Å². The molecule has 1 aliphatic carbocycles.